The summed E-state index contributed by atoms with van der Waals surface area (Å²) in [5, 5.41) is 3.03. The number of nitrogens with one attached hydrogen (secondary N) is 1. The molecule has 5 rings (SSSR count). The minimum atomic E-state index is -0.442. The van der Waals surface area contributed by atoms with Crippen molar-refractivity contribution in [2.75, 3.05) is 11.9 Å². The van der Waals surface area contributed by atoms with Crippen molar-refractivity contribution in [3.63, 3.8) is 0 Å². The molecule has 0 saturated heterocycles. The van der Waals surface area contributed by atoms with Gasteiger partial charge in [0.1, 0.15) is 17.4 Å². The molecule has 1 aliphatic heterocycles. The Balaban J connectivity index is 1.60. The second-order valence-corrected chi connectivity index (χ2v) is 8.66. The Bertz CT molecular complexity index is 1360. The third-order valence-electron chi connectivity index (χ3n) is 6.25. The van der Waals surface area contributed by atoms with E-state index in [0.717, 1.165) is 39.6 Å². The normalized spacial score (nSPS) is 14.6. The first-order valence-electron chi connectivity index (χ1n) is 11.7. The van der Waals surface area contributed by atoms with E-state index >= 15 is 0 Å². The molecule has 2 amide bonds. The zero-order chi connectivity index (χ0) is 24.5. The van der Waals surface area contributed by atoms with Gasteiger partial charge in [-0.05, 0) is 86.5 Å². The van der Waals surface area contributed by atoms with Crippen LogP contribution in [0.3, 0.4) is 0 Å². The van der Waals surface area contributed by atoms with Gasteiger partial charge in [-0.3, -0.25) is 0 Å². The maximum atomic E-state index is 13.8. The van der Waals surface area contributed by atoms with E-state index in [0.29, 0.717) is 18.8 Å². The molecule has 178 valence electrons. The summed E-state index contributed by atoms with van der Waals surface area (Å²) in [6.45, 7) is 6.86. The summed E-state index contributed by atoms with van der Waals surface area (Å²) in [5.74, 6) is 1.24. The molecule has 2 aromatic carbocycles. The predicted molar refractivity (Wildman–Crippen MR) is 133 cm³/mol. The zero-order valence-corrected chi connectivity index (χ0v) is 20.0. The Morgan fingerprint density at radius 3 is 2.57 bits per heavy atom. The van der Waals surface area contributed by atoms with Gasteiger partial charge in [-0.2, -0.15) is 0 Å². The van der Waals surface area contributed by atoms with Crippen LogP contribution in [0.1, 0.15) is 41.0 Å². The fourth-order valence-electron chi connectivity index (χ4n) is 4.65. The maximum absolute atomic E-state index is 13.8. The number of urea groups is 1. The van der Waals surface area contributed by atoms with Crippen molar-refractivity contribution < 1.29 is 13.9 Å². The molecule has 1 atom stereocenters. The number of carbonyl (C=O) groups is 1. The average molecular weight is 471 g/mol. The number of hydrogen-bond donors (Lipinski definition) is 1. The number of benzene rings is 2. The van der Waals surface area contributed by atoms with Gasteiger partial charge >= 0.3 is 6.03 Å². The fraction of sp³-hybridized carbons (Fsp3) is 0.214. The van der Waals surface area contributed by atoms with Crippen molar-refractivity contribution in [1.29, 1.82) is 0 Å². The predicted octanol–water partition coefficient (Wildman–Crippen LogP) is 6.16. The molecule has 0 saturated carbocycles. The number of halogens is 1. The Morgan fingerprint density at radius 2 is 1.86 bits per heavy atom. The summed E-state index contributed by atoms with van der Waals surface area (Å²) >= 11 is 0. The van der Waals surface area contributed by atoms with E-state index in [1.807, 2.05) is 74.0 Å². The first kappa shape index (κ1) is 22.7. The van der Waals surface area contributed by atoms with Crippen LogP contribution in [0.4, 0.5) is 14.9 Å². The minimum absolute atomic E-state index is 0.260. The van der Waals surface area contributed by atoms with Crippen LogP contribution in [0, 0.1) is 19.7 Å². The second kappa shape index (κ2) is 9.25. The molecule has 1 aliphatic rings. The number of fused-ring (bicyclic) bond motifs is 3. The molecule has 0 aliphatic carbocycles. The average Bonchev–Trinajstić information content (AvgIpc) is 3.26. The van der Waals surface area contributed by atoms with Crippen LogP contribution in [0.15, 0.2) is 72.9 Å². The van der Waals surface area contributed by atoms with Gasteiger partial charge < -0.3 is 19.5 Å². The Labute approximate surface area is 204 Å². The molecule has 7 heteroatoms. The lowest BCUT2D eigenvalue weighted by Gasteiger charge is -2.31. The highest BCUT2D eigenvalue weighted by Crippen LogP contribution is 2.37. The lowest BCUT2D eigenvalue weighted by molar-refractivity contribution is 0.194. The summed E-state index contributed by atoms with van der Waals surface area (Å²) < 4.78 is 21.3. The number of nitrogens with zero attached hydrogens (tertiary/aromatic N) is 3. The van der Waals surface area contributed by atoms with Gasteiger partial charge in [-0.25, -0.2) is 14.2 Å². The summed E-state index contributed by atoms with van der Waals surface area (Å²) in [6.07, 6.45) is 1.96. The van der Waals surface area contributed by atoms with Crippen molar-refractivity contribution in [3.05, 3.63) is 107 Å². The topological polar surface area (TPSA) is 59.4 Å². The highest BCUT2D eigenvalue weighted by Gasteiger charge is 2.34. The molecule has 4 aromatic rings. The van der Waals surface area contributed by atoms with Gasteiger partial charge in [0.15, 0.2) is 0 Å². The standard InChI is InChI=1S/C28H27FN4O2/c1-4-35-23-13-11-22(12-14-23)31-28(34)33-17-24-18(2)16-19(3)30-27(24)32-15-5-6-25(32)26(33)20-7-9-21(29)10-8-20/h5-16,26H,4,17H2,1-3H3,(H,31,34)/t26-/m0/s1. The van der Waals surface area contributed by atoms with Crippen molar-refractivity contribution in [2.45, 2.75) is 33.4 Å². The highest BCUT2D eigenvalue weighted by molar-refractivity contribution is 5.90. The Kier molecular flexibility index (Phi) is 5.99. The Hall–Kier alpha value is -4.13. The first-order valence-corrected chi connectivity index (χ1v) is 11.7. The molecule has 3 heterocycles. The van der Waals surface area contributed by atoms with E-state index in [2.05, 4.69) is 5.32 Å². The summed E-state index contributed by atoms with van der Waals surface area (Å²) in [6, 6.07) is 18.9. The Morgan fingerprint density at radius 1 is 1.11 bits per heavy atom. The molecule has 6 nitrogen and oxygen atoms in total. The van der Waals surface area contributed by atoms with E-state index < -0.39 is 6.04 Å². The molecule has 0 fully saturated rings. The summed E-state index contributed by atoms with van der Waals surface area (Å²) in [7, 11) is 0. The number of carbonyl (C=O) groups excluding carboxylic acids is 1. The third kappa shape index (κ3) is 4.37. The molecule has 35 heavy (non-hydrogen) atoms. The molecule has 0 bridgehead atoms. The third-order valence-corrected chi connectivity index (χ3v) is 6.25. The maximum Gasteiger partial charge on any atom is 0.322 e. The number of amides is 2. The van der Waals surface area contributed by atoms with Gasteiger partial charge in [0.2, 0.25) is 0 Å². The van der Waals surface area contributed by atoms with Crippen molar-refractivity contribution >= 4 is 11.7 Å². The minimum Gasteiger partial charge on any atom is -0.494 e. The van der Waals surface area contributed by atoms with E-state index in [9.17, 15) is 9.18 Å². The van der Waals surface area contributed by atoms with Crippen molar-refractivity contribution in [2.24, 2.45) is 0 Å². The van der Waals surface area contributed by atoms with Gasteiger partial charge in [-0.15, -0.1) is 0 Å². The largest absolute Gasteiger partial charge is 0.494 e. The summed E-state index contributed by atoms with van der Waals surface area (Å²) in [5.41, 5.74) is 5.30. The van der Waals surface area contributed by atoms with Gasteiger partial charge in [0.25, 0.3) is 0 Å². The second-order valence-electron chi connectivity index (χ2n) is 8.66. The number of pyridine rings is 1. The number of aromatic nitrogens is 2. The number of ether oxygens (including phenoxy) is 1. The van der Waals surface area contributed by atoms with Crippen LogP contribution in [-0.2, 0) is 6.54 Å². The van der Waals surface area contributed by atoms with Crippen molar-refractivity contribution in [1.82, 2.24) is 14.5 Å². The van der Waals surface area contributed by atoms with E-state index in [1.54, 1.807) is 17.0 Å². The van der Waals surface area contributed by atoms with Gasteiger partial charge in [0, 0.05) is 23.1 Å². The lowest BCUT2D eigenvalue weighted by Crippen LogP contribution is -2.38. The zero-order valence-electron chi connectivity index (χ0n) is 20.0. The lowest BCUT2D eigenvalue weighted by atomic mass is 10.0. The number of anilines is 1. The highest BCUT2D eigenvalue weighted by atomic mass is 19.1. The monoisotopic (exact) mass is 470 g/mol. The van der Waals surface area contributed by atoms with Crippen LogP contribution < -0.4 is 10.1 Å². The number of aryl methyl sites for hydroxylation is 2. The van der Waals surface area contributed by atoms with Crippen LogP contribution in [0.25, 0.3) is 5.82 Å². The SMILES string of the molecule is CCOc1ccc(NC(=O)N2Cc3c(C)cc(C)nc3-n3cccc3[C@@H]2c2ccc(F)cc2)cc1. The fourth-order valence-corrected chi connectivity index (χ4v) is 4.65. The quantitative estimate of drug-likeness (QED) is 0.388. The molecule has 1 N–H and O–H groups in total. The van der Waals surface area contributed by atoms with E-state index in [-0.39, 0.29) is 11.8 Å². The summed E-state index contributed by atoms with van der Waals surface area (Å²) in [4.78, 5) is 20.4. The van der Waals surface area contributed by atoms with Crippen LogP contribution in [-0.4, -0.2) is 27.1 Å². The van der Waals surface area contributed by atoms with Crippen molar-refractivity contribution in [3.8, 4) is 11.6 Å². The first-order chi connectivity index (χ1) is 16.9. The number of hydrogen-bond acceptors (Lipinski definition) is 3. The van der Waals surface area contributed by atoms with Crippen LogP contribution in [0.2, 0.25) is 0 Å². The molecular formula is C28H27FN4O2. The molecule has 0 unspecified atom stereocenters. The molecule has 2 aromatic heterocycles. The van der Waals surface area contributed by atoms with E-state index in [1.165, 1.54) is 12.1 Å². The van der Waals surface area contributed by atoms with Crippen LogP contribution >= 0.6 is 0 Å². The smallest absolute Gasteiger partial charge is 0.322 e. The van der Waals surface area contributed by atoms with Gasteiger partial charge in [-0.1, -0.05) is 12.1 Å². The van der Waals surface area contributed by atoms with Crippen LogP contribution in [0.5, 0.6) is 5.75 Å². The number of rotatable bonds is 4. The van der Waals surface area contributed by atoms with E-state index in [4.69, 9.17) is 9.72 Å². The molecular weight excluding hydrogens is 443 g/mol. The molecule has 0 radical (unpaired) electrons. The molecule has 0 spiro atoms. The van der Waals surface area contributed by atoms with Gasteiger partial charge in [0.05, 0.1) is 24.9 Å².